The molecular formula is C28H55NO2Si2. The molecule has 33 heavy (non-hydrogen) atoms. The van der Waals surface area contributed by atoms with Crippen LogP contribution in [0.4, 0.5) is 5.69 Å². The summed E-state index contributed by atoms with van der Waals surface area (Å²) in [7, 11) is -3.48. The van der Waals surface area contributed by atoms with Gasteiger partial charge in [-0.15, -0.1) is 0 Å². The number of rotatable bonds is 14. The molecule has 1 aromatic carbocycles. The topological polar surface area (TPSA) is 21.7 Å². The first kappa shape index (κ1) is 30.4. The fourth-order valence-corrected chi connectivity index (χ4v) is 5.32. The molecule has 0 fully saturated rings. The number of unbranched alkanes of at least 4 members (excludes halogenated alkanes) is 3. The first-order valence-corrected chi connectivity index (χ1v) is 19.0. The summed E-state index contributed by atoms with van der Waals surface area (Å²) in [6, 6.07) is 9.23. The zero-order chi connectivity index (χ0) is 25.3. The minimum atomic E-state index is -1.74. The number of anilines is 1. The van der Waals surface area contributed by atoms with Crippen LogP contribution in [-0.4, -0.2) is 42.9 Å². The molecule has 3 nitrogen and oxygen atoms in total. The quantitative estimate of drug-likeness (QED) is 0.191. The second-order valence-electron chi connectivity index (χ2n) is 12.7. The van der Waals surface area contributed by atoms with Crippen LogP contribution in [-0.2, 0) is 15.3 Å². The molecule has 0 amide bonds. The first-order chi connectivity index (χ1) is 15.1. The summed E-state index contributed by atoms with van der Waals surface area (Å²) in [5.41, 5.74) is 2.73. The van der Waals surface area contributed by atoms with Gasteiger partial charge >= 0.3 is 0 Å². The fraction of sp³-hybridized carbons (Fsp3) is 0.786. The van der Waals surface area contributed by atoms with E-state index in [1.807, 2.05) is 0 Å². The number of hydrogen-bond donors (Lipinski definition) is 0. The molecule has 0 aliphatic carbocycles. The fourth-order valence-electron chi connectivity index (χ4n) is 3.25. The van der Waals surface area contributed by atoms with Gasteiger partial charge in [0.2, 0.25) is 0 Å². The van der Waals surface area contributed by atoms with Crippen LogP contribution in [0.5, 0.6) is 0 Å². The Morgan fingerprint density at radius 2 is 1.15 bits per heavy atom. The van der Waals surface area contributed by atoms with Crippen LogP contribution < -0.4 is 4.90 Å². The molecule has 0 aromatic heterocycles. The van der Waals surface area contributed by atoms with Crippen molar-refractivity contribution in [3.63, 3.8) is 0 Å². The Balaban J connectivity index is 2.82. The van der Waals surface area contributed by atoms with Crippen molar-refractivity contribution in [1.29, 1.82) is 0 Å². The molecule has 1 rings (SSSR count). The zero-order valence-electron chi connectivity index (χ0n) is 23.9. The van der Waals surface area contributed by atoms with Gasteiger partial charge in [0.15, 0.2) is 16.6 Å². The molecule has 1 aromatic rings. The smallest absolute Gasteiger partial charge is 0.192 e. The van der Waals surface area contributed by atoms with Gasteiger partial charge in [0.1, 0.15) is 0 Å². The molecule has 0 spiro atoms. The third-order valence-electron chi connectivity index (χ3n) is 7.88. The van der Waals surface area contributed by atoms with E-state index in [4.69, 9.17) is 8.85 Å². The van der Waals surface area contributed by atoms with Gasteiger partial charge < -0.3 is 13.8 Å². The van der Waals surface area contributed by atoms with E-state index in [0.29, 0.717) is 0 Å². The van der Waals surface area contributed by atoms with E-state index < -0.39 is 16.6 Å². The second kappa shape index (κ2) is 12.9. The highest BCUT2D eigenvalue weighted by atomic mass is 28.4. The van der Waals surface area contributed by atoms with Crippen molar-refractivity contribution in [1.82, 2.24) is 0 Å². The van der Waals surface area contributed by atoms with E-state index in [9.17, 15) is 0 Å². The van der Waals surface area contributed by atoms with Gasteiger partial charge in [-0.25, -0.2) is 0 Å². The summed E-state index contributed by atoms with van der Waals surface area (Å²) >= 11 is 0. The Hall–Kier alpha value is -0.626. The maximum Gasteiger partial charge on any atom is 0.192 e. The second-order valence-corrected chi connectivity index (χ2v) is 22.3. The lowest BCUT2D eigenvalue weighted by atomic mass is 10.1. The molecule has 0 aliphatic rings. The Morgan fingerprint density at radius 3 is 1.55 bits per heavy atom. The standard InChI is InChI=1S/C28H55NO2Si2/c1-12-13-14-15-16-25-17-19-26(20-18-25)29(21-23-30-32(8,9)27(2,3)4)22-24-31-33(10,11)28(5,6)7/h17-20H,12-16,21-24H2,1-11H3. The monoisotopic (exact) mass is 493 g/mol. The molecule has 5 heteroatoms. The van der Waals surface area contributed by atoms with Gasteiger partial charge in [0, 0.05) is 18.8 Å². The molecule has 0 radical (unpaired) electrons. The molecule has 0 aliphatic heterocycles. The summed E-state index contributed by atoms with van der Waals surface area (Å²) in [5.74, 6) is 0. The highest BCUT2D eigenvalue weighted by Crippen LogP contribution is 2.37. The van der Waals surface area contributed by atoms with Crippen molar-refractivity contribution < 1.29 is 8.85 Å². The number of aryl methyl sites for hydroxylation is 1. The van der Waals surface area contributed by atoms with Crippen LogP contribution in [0.3, 0.4) is 0 Å². The maximum absolute atomic E-state index is 6.51. The summed E-state index contributed by atoms with van der Waals surface area (Å²) < 4.78 is 13.0. The average molecular weight is 494 g/mol. The van der Waals surface area contributed by atoms with Gasteiger partial charge in [-0.3, -0.25) is 0 Å². The summed E-state index contributed by atoms with van der Waals surface area (Å²) in [6.45, 7) is 28.8. The molecule has 0 N–H and O–H groups in total. The minimum Gasteiger partial charge on any atom is -0.415 e. The predicted molar refractivity (Wildman–Crippen MR) is 153 cm³/mol. The lowest BCUT2D eigenvalue weighted by molar-refractivity contribution is 0.276. The predicted octanol–water partition coefficient (Wildman–Crippen LogP) is 8.66. The zero-order valence-corrected chi connectivity index (χ0v) is 25.9. The van der Waals surface area contributed by atoms with Crippen LogP contribution in [0.2, 0.25) is 36.3 Å². The Labute approximate surface area is 208 Å². The molecule has 0 atom stereocenters. The van der Waals surface area contributed by atoms with Crippen molar-refractivity contribution in [3.05, 3.63) is 29.8 Å². The van der Waals surface area contributed by atoms with Gasteiger partial charge in [0.25, 0.3) is 0 Å². The summed E-state index contributed by atoms with van der Waals surface area (Å²) in [4.78, 5) is 2.46. The first-order valence-electron chi connectivity index (χ1n) is 13.2. The molecule has 0 saturated heterocycles. The number of hydrogen-bond acceptors (Lipinski definition) is 3. The minimum absolute atomic E-state index is 0.239. The highest BCUT2D eigenvalue weighted by molar-refractivity contribution is 6.74. The van der Waals surface area contributed by atoms with Gasteiger partial charge in [-0.05, 0) is 66.8 Å². The van der Waals surface area contributed by atoms with E-state index in [2.05, 4.69) is 104 Å². The third-order valence-corrected chi connectivity index (χ3v) is 17.0. The largest absolute Gasteiger partial charge is 0.415 e. The average Bonchev–Trinajstić information content (AvgIpc) is 2.69. The molecule has 0 saturated carbocycles. The lowest BCUT2D eigenvalue weighted by Crippen LogP contribution is -2.44. The van der Waals surface area contributed by atoms with Crippen molar-refractivity contribution >= 4 is 22.3 Å². The molecule has 192 valence electrons. The number of nitrogens with zero attached hydrogens (tertiary/aromatic N) is 1. The van der Waals surface area contributed by atoms with Crippen LogP contribution in [0.1, 0.15) is 79.7 Å². The molecule has 0 bridgehead atoms. The van der Waals surface area contributed by atoms with Gasteiger partial charge in [-0.2, -0.15) is 0 Å². The normalized spacial score (nSPS) is 13.4. The van der Waals surface area contributed by atoms with Crippen molar-refractivity contribution in [3.8, 4) is 0 Å². The molecule has 0 heterocycles. The molecular weight excluding hydrogens is 438 g/mol. The van der Waals surface area contributed by atoms with Gasteiger partial charge in [0.05, 0.1) is 13.2 Å². The number of benzene rings is 1. The van der Waals surface area contributed by atoms with Crippen molar-refractivity contribution in [2.75, 3.05) is 31.2 Å². The Bertz CT molecular complexity index is 641. The third kappa shape index (κ3) is 10.3. The van der Waals surface area contributed by atoms with E-state index in [0.717, 1.165) is 26.3 Å². The van der Waals surface area contributed by atoms with Crippen LogP contribution in [0, 0.1) is 0 Å². The van der Waals surface area contributed by atoms with E-state index in [1.54, 1.807) is 0 Å². The Kier molecular flexibility index (Phi) is 11.9. The SMILES string of the molecule is CCCCCCc1ccc(N(CCO[Si](C)(C)C(C)(C)C)CCO[Si](C)(C)C(C)(C)C)cc1. The van der Waals surface area contributed by atoms with Crippen LogP contribution in [0.15, 0.2) is 24.3 Å². The maximum atomic E-state index is 6.51. The van der Waals surface area contributed by atoms with Crippen LogP contribution >= 0.6 is 0 Å². The highest BCUT2D eigenvalue weighted by Gasteiger charge is 2.38. The van der Waals surface area contributed by atoms with E-state index in [-0.39, 0.29) is 10.1 Å². The summed E-state index contributed by atoms with van der Waals surface area (Å²) in [6.07, 6.45) is 6.44. The van der Waals surface area contributed by atoms with Crippen LogP contribution in [0.25, 0.3) is 0 Å². The lowest BCUT2D eigenvalue weighted by Gasteiger charge is -2.38. The van der Waals surface area contributed by atoms with E-state index in [1.165, 1.54) is 43.4 Å². The van der Waals surface area contributed by atoms with Crippen molar-refractivity contribution in [2.24, 2.45) is 0 Å². The van der Waals surface area contributed by atoms with E-state index >= 15 is 0 Å². The summed E-state index contributed by atoms with van der Waals surface area (Å²) in [5, 5.41) is 0.478. The Morgan fingerprint density at radius 1 is 0.697 bits per heavy atom. The van der Waals surface area contributed by atoms with Gasteiger partial charge in [-0.1, -0.05) is 79.9 Å². The van der Waals surface area contributed by atoms with Crippen molar-refractivity contribution in [2.45, 2.75) is 117 Å². The molecule has 0 unspecified atom stereocenters.